The number of urea groups is 1. The fraction of sp³-hybridized carbons (Fsp3) is 0.421. The van der Waals surface area contributed by atoms with Gasteiger partial charge in [-0.15, -0.1) is 0 Å². The molecular weight excluding hydrogens is 479 g/mol. The van der Waals surface area contributed by atoms with E-state index in [0.717, 1.165) is 0 Å². The van der Waals surface area contributed by atoms with Crippen molar-refractivity contribution in [3.05, 3.63) is 27.0 Å². The fourth-order valence-corrected chi connectivity index (χ4v) is 3.35. The molecule has 0 radical (unpaired) electrons. The molecule has 8 nitrogen and oxygen atoms in total. The molecule has 2 rings (SSSR count). The third-order valence-corrected chi connectivity index (χ3v) is 4.49. The second-order valence-corrected chi connectivity index (χ2v) is 6.96. The average Bonchev–Trinajstić information content (AvgIpc) is 2.89. The number of imide groups is 1. The van der Waals surface area contributed by atoms with Gasteiger partial charge in [0.15, 0.2) is 18.1 Å². The molecule has 9 heteroatoms. The molecule has 1 aliphatic rings. The maximum Gasteiger partial charge on any atom is 0.344 e. The van der Waals surface area contributed by atoms with Crippen molar-refractivity contribution in [2.75, 3.05) is 26.4 Å². The fourth-order valence-electron chi connectivity index (χ4n) is 2.57. The van der Waals surface area contributed by atoms with E-state index in [2.05, 4.69) is 27.9 Å². The van der Waals surface area contributed by atoms with Crippen LogP contribution in [0.15, 0.2) is 17.8 Å². The number of hydrogen-bond donors (Lipinski definition) is 1. The van der Waals surface area contributed by atoms with Crippen molar-refractivity contribution >= 4 is 46.6 Å². The molecule has 1 aliphatic heterocycles. The molecule has 0 unspecified atom stereocenters. The second-order valence-electron chi connectivity index (χ2n) is 5.80. The minimum Gasteiger partial charge on any atom is -0.490 e. The Balaban J connectivity index is 2.28. The predicted octanol–water partition coefficient (Wildman–Crippen LogP) is 2.93. The van der Waals surface area contributed by atoms with Crippen molar-refractivity contribution in [3.63, 3.8) is 0 Å². The average molecular weight is 502 g/mol. The van der Waals surface area contributed by atoms with Gasteiger partial charge in [-0.3, -0.25) is 9.69 Å². The maximum atomic E-state index is 12.4. The number of carbonyl (C=O) groups is 3. The van der Waals surface area contributed by atoms with Gasteiger partial charge in [-0.2, -0.15) is 0 Å². The lowest BCUT2D eigenvalue weighted by Crippen LogP contribution is -2.31. The predicted molar refractivity (Wildman–Crippen MR) is 111 cm³/mol. The highest BCUT2D eigenvalue weighted by Crippen LogP contribution is 2.35. The zero-order valence-corrected chi connectivity index (χ0v) is 18.2. The van der Waals surface area contributed by atoms with Crippen LogP contribution in [0.1, 0.15) is 32.8 Å². The highest BCUT2D eigenvalue weighted by Gasteiger charge is 2.32. The van der Waals surface area contributed by atoms with E-state index in [9.17, 15) is 14.4 Å². The van der Waals surface area contributed by atoms with E-state index < -0.39 is 12.0 Å². The monoisotopic (exact) mass is 502 g/mol. The second kappa shape index (κ2) is 10.3. The Morgan fingerprint density at radius 3 is 2.57 bits per heavy atom. The Labute approximate surface area is 177 Å². The van der Waals surface area contributed by atoms with Crippen LogP contribution >= 0.6 is 22.6 Å². The molecule has 0 aliphatic carbocycles. The van der Waals surface area contributed by atoms with E-state index in [4.69, 9.17) is 14.2 Å². The molecule has 1 aromatic carbocycles. The van der Waals surface area contributed by atoms with Crippen LogP contribution in [0.5, 0.6) is 11.5 Å². The van der Waals surface area contributed by atoms with Crippen molar-refractivity contribution in [2.24, 2.45) is 0 Å². The Morgan fingerprint density at radius 2 is 1.93 bits per heavy atom. The summed E-state index contributed by atoms with van der Waals surface area (Å²) in [6, 6.07) is 3.05. The highest BCUT2D eigenvalue weighted by molar-refractivity contribution is 14.1. The Kier molecular flexibility index (Phi) is 8.09. The lowest BCUT2D eigenvalue weighted by atomic mass is 10.1. The molecule has 1 heterocycles. The third kappa shape index (κ3) is 5.37. The van der Waals surface area contributed by atoms with Crippen molar-refractivity contribution in [1.82, 2.24) is 10.2 Å². The standard InChI is InChI=1S/C19H23IN2O6/c1-4-7-22-18(24)14(21-19(22)25)9-12-8-13(20)17(15(10-12)26-5-2)28-11-16(23)27-6-3/h8-10H,4-7,11H2,1-3H3,(H,21,25)/b14-9+. The van der Waals surface area contributed by atoms with E-state index in [-0.39, 0.29) is 24.8 Å². The first-order chi connectivity index (χ1) is 13.4. The molecule has 1 saturated heterocycles. The summed E-state index contributed by atoms with van der Waals surface area (Å²) in [7, 11) is 0. The van der Waals surface area contributed by atoms with Crippen LogP contribution in [0.2, 0.25) is 0 Å². The van der Waals surface area contributed by atoms with Gasteiger partial charge in [-0.1, -0.05) is 6.92 Å². The molecule has 0 aromatic heterocycles. The Bertz CT molecular complexity index is 793. The van der Waals surface area contributed by atoms with Gasteiger partial charge < -0.3 is 19.5 Å². The number of halogens is 1. The van der Waals surface area contributed by atoms with Crippen molar-refractivity contribution in [3.8, 4) is 11.5 Å². The summed E-state index contributed by atoms with van der Waals surface area (Å²) in [5.41, 5.74) is 0.871. The molecular formula is C19H23IN2O6. The number of carbonyl (C=O) groups excluding carboxylic acids is 3. The molecule has 152 valence electrons. The van der Waals surface area contributed by atoms with E-state index in [1.807, 2.05) is 13.8 Å². The van der Waals surface area contributed by atoms with Gasteiger partial charge in [0, 0.05) is 6.54 Å². The summed E-state index contributed by atoms with van der Waals surface area (Å²) in [6.07, 6.45) is 2.28. The molecule has 0 spiro atoms. The van der Waals surface area contributed by atoms with E-state index in [1.165, 1.54) is 4.90 Å². The largest absolute Gasteiger partial charge is 0.490 e. The van der Waals surface area contributed by atoms with Gasteiger partial charge in [-0.25, -0.2) is 9.59 Å². The lowest BCUT2D eigenvalue weighted by Gasteiger charge is -2.14. The summed E-state index contributed by atoms with van der Waals surface area (Å²) in [5.74, 6) is 0.0319. The molecule has 28 heavy (non-hydrogen) atoms. The minimum atomic E-state index is -0.470. The number of nitrogens with zero attached hydrogens (tertiary/aromatic N) is 1. The van der Waals surface area contributed by atoms with Crippen molar-refractivity contribution in [2.45, 2.75) is 27.2 Å². The van der Waals surface area contributed by atoms with E-state index >= 15 is 0 Å². The first-order valence-corrected chi connectivity index (χ1v) is 10.1. The molecule has 1 aromatic rings. The first-order valence-electron chi connectivity index (χ1n) is 9.00. The molecule has 0 saturated carbocycles. The van der Waals surface area contributed by atoms with Gasteiger partial charge in [0.1, 0.15) is 5.70 Å². The van der Waals surface area contributed by atoms with Crippen LogP contribution in [0.4, 0.5) is 4.79 Å². The van der Waals surface area contributed by atoms with Gasteiger partial charge in [-0.05, 0) is 66.6 Å². The van der Waals surface area contributed by atoms with Gasteiger partial charge in [0.2, 0.25) is 0 Å². The molecule has 1 fully saturated rings. The minimum absolute atomic E-state index is 0.205. The van der Waals surface area contributed by atoms with E-state index in [1.54, 1.807) is 25.1 Å². The number of nitrogens with one attached hydrogen (secondary N) is 1. The topological polar surface area (TPSA) is 94.2 Å². The summed E-state index contributed by atoms with van der Waals surface area (Å²) < 4.78 is 16.8. The number of ether oxygens (including phenoxy) is 3. The van der Waals surface area contributed by atoms with Crippen LogP contribution in [0.25, 0.3) is 6.08 Å². The summed E-state index contributed by atoms with van der Waals surface area (Å²) >= 11 is 2.06. The first kappa shape index (κ1) is 22.0. The van der Waals surface area contributed by atoms with Gasteiger partial charge in [0.05, 0.1) is 16.8 Å². The van der Waals surface area contributed by atoms with Gasteiger partial charge >= 0.3 is 12.0 Å². The van der Waals surface area contributed by atoms with E-state index in [0.29, 0.717) is 40.2 Å². The van der Waals surface area contributed by atoms with Crippen molar-refractivity contribution in [1.29, 1.82) is 0 Å². The van der Waals surface area contributed by atoms with Crippen molar-refractivity contribution < 1.29 is 28.6 Å². The lowest BCUT2D eigenvalue weighted by molar-refractivity contribution is -0.145. The summed E-state index contributed by atoms with van der Waals surface area (Å²) in [4.78, 5) is 37.0. The summed E-state index contributed by atoms with van der Waals surface area (Å²) in [6.45, 7) is 6.25. The smallest absolute Gasteiger partial charge is 0.344 e. The molecule has 0 atom stereocenters. The van der Waals surface area contributed by atoms with Crippen LogP contribution in [0, 0.1) is 3.57 Å². The van der Waals surface area contributed by atoms with Crippen LogP contribution in [0.3, 0.4) is 0 Å². The Morgan fingerprint density at radius 1 is 1.18 bits per heavy atom. The quantitative estimate of drug-likeness (QED) is 0.242. The molecule has 0 bridgehead atoms. The Hall–Kier alpha value is -2.30. The molecule has 3 amide bonds. The van der Waals surface area contributed by atoms with Crippen LogP contribution in [-0.2, 0) is 14.3 Å². The van der Waals surface area contributed by atoms with Crippen LogP contribution in [-0.4, -0.2) is 49.2 Å². The van der Waals surface area contributed by atoms with Crippen LogP contribution < -0.4 is 14.8 Å². The molecule has 1 N–H and O–H groups in total. The zero-order chi connectivity index (χ0) is 20.7. The normalized spacial score (nSPS) is 15.0. The number of rotatable bonds is 9. The third-order valence-electron chi connectivity index (χ3n) is 3.69. The SMILES string of the molecule is CCCN1C(=O)N/C(=C/c2cc(I)c(OCC(=O)OCC)c(OCC)c2)C1=O. The number of esters is 1. The summed E-state index contributed by atoms with van der Waals surface area (Å²) in [5, 5.41) is 2.59. The number of benzene rings is 1. The number of amides is 3. The van der Waals surface area contributed by atoms with Gasteiger partial charge in [0.25, 0.3) is 5.91 Å². The number of hydrogen-bond acceptors (Lipinski definition) is 6. The highest BCUT2D eigenvalue weighted by atomic mass is 127. The maximum absolute atomic E-state index is 12.4. The zero-order valence-electron chi connectivity index (χ0n) is 16.0.